The van der Waals surface area contributed by atoms with Gasteiger partial charge >= 0.3 is 6.09 Å². The molecule has 1 heterocycles. The van der Waals surface area contributed by atoms with Gasteiger partial charge in [0.15, 0.2) is 0 Å². The molecule has 2 aromatic rings. The van der Waals surface area contributed by atoms with Gasteiger partial charge in [-0.3, -0.25) is 9.69 Å². The fraction of sp³-hybridized carbons (Fsp3) is 0.333. The van der Waals surface area contributed by atoms with Crippen molar-refractivity contribution in [2.24, 2.45) is 0 Å². The van der Waals surface area contributed by atoms with Crippen molar-refractivity contribution in [2.75, 3.05) is 11.9 Å². The Hall–Kier alpha value is -2.34. The van der Waals surface area contributed by atoms with Crippen LogP contribution in [0, 0.1) is 6.92 Å². The Morgan fingerprint density at radius 2 is 1.96 bits per heavy atom. The third-order valence-corrected chi connectivity index (χ3v) is 5.49. The minimum atomic E-state index is -0.923. The van der Waals surface area contributed by atoms with Crippen LogP contribution in [0.15, 0.2) is 53.0 Å². The van der Waals surface area contributed by atoms with Gasteiger partial charge in [0.25, 0.3) is 0 Å². The molecular formula is C21H23BrN2O3. The normalized spacial score (nSPS) is 19.0. The second-order valence-corrected chi connectivity index (χ2v) is 7.90. The van der Waals surface area contributed by atoms with E-state index in [1.165, 1.54) is 0 Å². The maximum Gasteiger partial charge on any atom is 0.410 e. The van der Waals surface area contributed by atoms with Crippen molar-refractivity contribution in [1.29, 1.82) is 0 Å². The molecule has 6 heteroatoms. The van der Waals surface area contributed by atoms with Gasteiger partial charge in [-0.1, -0.05) is 46.3 Å². The molecule has 27 heavy (non-hydrogen) atoms. The number of aryl methyl sites for hydroxylation is 1. The molecule has 2 amide bonds. The summed E-state index contributed by atoms with van der Waals surface area (Å²) in [5.41, 5.74) is 1.70. The Morgan fingerprint density at radius 3 is 2.67 bits per heavy atom. The molecule has 0 bridgehead atoms. The van der Waals surface area contributed by atoms with Gasteiger partial charge in [-0.2, -0.15) is 0 Å². The monoisotopic (exact) mass is 430 g/mol. The van der Waals surface area contributed by atoms with E-state index in [9.17, 15) is 9.59 Å². The molecule has 1 unspecified atom stereocenters. The van der Waals surface area contributed by atoms with Gasteiger partial charge in [-0.25, -0.2) is 4.79 Å². The first-order valence-corrected chi connectivity index (χ1v) is 9.75. The summed E-state index contributed by atoms with van der Waals surface area (Å²) in [6.07, 6.45) is 0.917. The number of nitrogens with one attached hydrogen (secondary N) is 1. The largest absolute Gasteiger partial charge is 0.445 e. The Morgan fingerprint density at radius 1 is 1.22 bits per heavy atom. The number of ether oxygens (including phenoxy) is 1. The van der Waals surface area contributed by atoms with Crippen molar-refractivity contribution in [3.63, 3.8) is 0 Å². The fourth-order valence-corrected chi connectivity index (χ4v) is 3.79. The van der Waals surface area contributed by atoms with E-state index >= 15 is 0 Å². The van der Waals surface area contributed by atoms with Gasteiger partial charge in [0, 0.05) is 16.7 Å². The molecule has 0 radical (unpaired) electrons. The first-order valence-electron chi connectivity index (χ1n) is 8.96. The van der Waals surface area contributed by atoms with Crippen molar-refractivity contribution in [2.45, 2.75) is 38.8 Å². The highest BCUT2D eigenvalue weighted by Crippen LogP contribution is 2.32. The zero-order chi connectivity index (χ0) is 19.4. The summed E-state index contributed by atoms with van der Waals surface area (Å²) in [4.78, 5) is 27.2. The van der Waals surface area contributed by atoms with E-state index in [4.69, 9.17) is 4.74 Å². The smallest absolute Gasteiger partial charge is 0.410 e. The molecule has 1 fully saturated rings. The lowest BCUT2D eigenvalue weighted by Crippen LogP contribution is -2.53. The second kappa shape index (κ2) is 8.13. The van der Waals surface area contributed by atoms with Crippen molar-refractivity contribution in [3.8, 4) is 0 Å². The van der Waals surface area contributed by atoms with Gasteiger partial charge in [-0.05, 0) is 56.0 Å². The van der Waals surface area contributed by atoms with E-state index in [-0.39, 0.29) is 12.5 Å². The number of likely N-dealkylation sites (tertiary alicyclic amines) is 1. The third kappa shape index (κ3) is 4.33. The Kier molecular flexibility index (Phi) is 5.85. The van der Waals surface area contributed by atoms with Crippen molar-refractivity contribution in [1.82, 2.24) is 4.90 Å². The molecule has 0 aliphatic carbocycles. The maximum atomic E-state index is 13.0. The molecular weight excluding hydrogens is 408 g/mol. The Labute approximate surface area is 167 Å². The molecule has 142 valence electrons. The lowest BCUT2D eigenvalue weighted by Gasteiger charge is -2.33. The highest BCUT2D eigenvalue weighted by Gasteiger charge is 2.46. The summed E-state index contributed by atoms with van der Waals surface area (Å²) in [6.45, 7) is 4.44. The number of benzene rings is 2. The zero-order valence-electron chi connectivity index (χ0n) is 15.5. The van der Waals surface area contributed by atoms with Crippen LogP contribution in [0.5, 0.6) is 0 Å². The number of rotatable bonds is 4. The second-order valence-electron chi connectivity index (χ2n) is 6.98. The van der Waals surface area contributed by atoms with Crippen LogP contribution in [0.3, 0.4) is 0 Å². The number of hydrogen-bond donors (Lipinski definition) is 1. The topological polar surface area (TPSA) is 58.6 Å². The highest BCUT2D eigenvalue weighted by molar-refractivity contribution is 9.10. The SMILES string of the molecule is Cc1cc(Br)ccc1NC(=O)C1(C)CCCN1C(=O)OCc1ccccc1. The van der Waals surface area contributed by atoms with Crippen LogP contribution in [-0.4, -0.2) is 29.0 Å². The van der Waals surface area contributed by atoms with Crippen LogP contribution in [0.25, 0.3) is 0 Å². The van der Waals surface area contributed by atoms with E-state index in [1.807, 2.05) is 55.5 Å². The Bertz CT molecular complexity index is 841. The zero-order valence-corrected chi connectivity index (χ0v) is 17.1. The molecule has 0 aromatic heterocycles. The summed E-state index contributed by atoms with van der Waals surface area (Å²) in [6, 6.07) is 15.2. The molecule has 1 aliphatic heterocycles. The van der Waals surface area contributed by atoms with E-state index in [1.54, 1.807) is 11.8 Å². The lowest BCUT2D eigenvalue weighted by atomic mass is 9.97. The molecule has 0 spiro atoms. The van der Waals surface area contributed by atoms with Crippen LogP contribution in [-0.2, 0) is 16.1 Å². The van der Waals surface area contributed by atoms with Crippen LogP contribution in [0.4, 0.5) is 10.5 Å². The van der Waals surface area contributed by atoms with Crippen molar-refractivity contribution < 1.29 is 14.3 Å². The summed E-state index contributed by atoms with van der Waals surface area (Å²) in [7, 11) is 0. The first kappa shape index (κ1) is 19.4. The summed E-state index contributed by atoms with van der Waals surface area (Å²) in [5.74, 6) is -0.193. The van der Waals surface area contributed by atoms with E-state index < -0.39 is 11.6 Å². The highest BCUT2D eigenvalue weighted by atomic mass is 79.9. The van der Waals surface area contributed by atoms with Gasteiger partial charge in [0.2, 0.25) is 5.91 Å². The van der Waals surface area contributed by atoms with Gasteiger partial charge in [0.05, 0.1) is 0 Å². The molecule has 1 saturated heterocycles. The van der Waals surface area contributed by atoms with Crippen molar-refractivity contribution >= 4 is 33.6 Å². The average Bonchev–Trinajstić information content (AvgIpc) is 3.06. The lowest BCUT2D eigenvalue weighted by molar-refractivity contribution is -0.125. The Balaban J connectivity index is 1.69. The molecule has 1 atom stereocenters. The minimum Gasteiger partial charge on any atom is -0.445 e. The number of carbonyl (C=O) groups is 2. The number of hydrogen-bond acceptors (Lipinski definition) is 3. The van der Waals surface area contributed by atoms with Crippen LogP contribution in [0.2, 0.25) is 0 Å². The van der Waals surface area contributed by atoms with Gasteiger partial charge < -0.3 is 10.1 Å². The van der Waals surface area contributed by atoms with Crippen LogP contribution < -0.4 is 5.32 Å². The molecule has 2 aromatic carbocycles. The quantitative estimate of drug-likeness (QED) is 0.750. The predicted octanol–water partition coefficient (Wildman–Crippen LogP) is 4.89. The number of amides is 2. The summed E-state index contributed by atoms with van der Waals surface area (Å²) >= 11 is 3.42. The van der Waals surface area contributed by atoms with E-state index in [0.29, 0.717) is 13.0 Å². The predicted molar refractivity (Wildman–Crippen MR) is 108 cm³/mol. The van der Waals surface area contributed by atoms with E-state index in [0.717, 1.165) is 27.7 Å². The molecule has 3 rings (SSSR count). The molecule has 5 nitrogen and oxygen atoms in total. The molecule has 1 N–H and O–H groups in total. The van der Waals surface area contributed by atoms with Gasteiger partial charge in [0.1, 0.15) is 12.1 Å². The number of halogens is 1. The standard InChI is InChI=1S/C21H23BrN2O3/c1-15-13-17(22)9-10-18(15)23-19(25)21(2)11-6-12-24(21)20(26)27-14-16-7-4-3-5-8-16/h3-5,7-10,13H,6,11-12,14H2,1-2H3,(H,23,25). The van der Waals surface area contributed by atoms with Crippen molar-refractivity contribution in [3.05, 3.63) is 64.1 Å². The first-order chi connectivity index (χ1) is 12.9. The number of nitrogens with zero attached hydrogens (tertiary/aromatic N) is 1. The number of anilines is 1. The molecule has 0 saturated carbocycles. The van der Waals surface area contributed by atoms with Crippen LogP contribution >= 0.6 is 15.9 Å². The van der Waals surface area contributed by atoms with E-state index in [2.05, 4.69) is 21.2 Å². The summed E-state index contributed by atoms with van der Waals surface area (Å²) < 4.78 is 6.40. The fourth-order valence-electron chi connectivity index (χ4n) is 3.31. The molecule has 1 aliphatic rings. The summed E-state index contributed by atoms with van der Waals surface area (Å²) in [5, 5.41) is 2.97. The average molecular weight is 431 g/mol. The van der Waals surface area contributed by atoms with Gasteiger partial charge in [-0.15, -0.1) is 0 Å². The minimum absolute atomic E-state index is 0.193. The number of carbonyl (C=O) groups excluding carboxylic acids is 2. The third-order valence-electron chi connectivity index (χ3n) is 4.99. The van der Waals surface area contributed by atoms with Crippen LogP contribution in [0.1, 0.15) is 30.9 Å². The maximum absolute atomic E-state index is 13.0.